The molecule has 0 spiro atoms. The van der Waals surface area contributed by atoms with Crippen LogP contribution in [0.4, 0.5) is 4.39 Å². The van der Waals surface area contributed by atoms with Gasteiger partial charge in [0.1, 0.15) is 5.82 Å². The highest BCUT2D eigenvalue weighted by Crippen LogP contribution is 2.18. The van der Waals surface area contributed by atoms with E-state index in [2.05, 4.69) is 10.2 Å². The zero-order valence-electron chi connectivity index (χ0n) is 7.71. The summed E-state index contributed by atoms with van der Waals surface area (Å²) in [4.78, 5) is 0. The molecule has 0 aliphatic carbocycles. The lowest BCUT2D eigenvalue weighted by atomic mass is 10.1. The second-order valence-corrected chi connectivity index (χ2v) is 3.19. The molecule has 2 aromatic rings. The number of benzene rings is 1. The highest BCUT2D eigenvalue weighted by Gasteiger charge is 2.03. The third-order valence-electron chi connectivity index (χ3n) is 1.90. The third-order valence-corrected chi connectivity index (χ3v) is 2.18. The number of hydrogen-bond acceptors (Lipinski definition) is 1. The number of H-pyrrole nitrogens is 1. The van der Waals surface area contributed by atoms with Gasteiger partial charge in [-0.1, -0.05) is 12.1 Å². The Morgan fingerprint density at radius 2 is 2.13 bits per heavy atom. The van der Waals surface area contributed by atoms with Crippen LogP contribution in [0.5, 0.6) is 0 Å². The summed E-state index contributed by atoms with van der Waals surface area (Å²) in [6.45, 7) is 0. The molecule has 0 radical (unpaired) electrons. The van der Waals surface area contributed by atoms with Crippen molar-refractivity contribution in [1.29, 1.82) is 0 Å². The van der Waals surface area contributed by atoms with Gasteiger partial charge in [-0.25, -0.2) is 4.39 Å². The van der Waals surface area contributed by atoms with E-state index in [1.165, 1.54) is 12.1 Å². The van der Waals surface area contributed by atoms with Crippen molar-refractivity contribution in [3.05, 3.63) is 41.8 Å². The number of nitrogens with one attached hydrogen (secondary N) is 1. The molecule has 1 N–H and O–H groups in total. The molecular formula is C10H9Cl2FN2. The van der Waals surface area contributed by atoms with Gasteiger partial charge in [0.2, 0.25) is 0 Å². The largest absolute Gasteiger partial charge is 0.281 e. The summed E-state index contributed by atoms with van der Waals surface area (Å²) < 4.78 is 12.9. The van der Waals surface area contributed by atoms with E-state index in [-0.39, 0.29) is 18.2 Å². The molecule has 2 nitrogen and oxygen atoms in total. The molecule has 0 aliphatic rings. The molecule has 1 aromatic carbocycles. The molecule has 0 aliphatic heterocycles. The van der Waals surface area contributed by atoms with Gasteiger partial charge in [0.15, 0.2) is 0 Å². The smallest absolute Gasteiger partial charge is 0.123 e. The first-order valence-electron chi connectivity index (χ1n) is 4.16. The van der Waals surface area contributed by atoms with E-state index in [0.29, 0.717) is 11.6 Å². The van der Waals surface area contributed by atoms with Gasteiger partial charge in [-0.05, 0) is 18.2 Å². The molecular weight excluding hydrogens is 238 g/mol. The molecule has 15 heavy (non-hydrogen) atoms. The fraction of sp³-hybridized carbons (Fsp3) is 0.100. The highest BCUT2D eigenvalue weighted by atomic mass is 35.5. The molecule has 1 heterocycles. The first-order valence-corrected chi connectivity index (χ1v) is 4.69. The number of aromatic amines is 1. The topological polar surface area (TPSA) is 28.7 Å². The molecule has 0 fully saturated rings. The van der Waals surface area contributed by atoms with E-state index in [0.717, 1.165) is 11.3 Å². The fourth-order valence-electron chi connectivity index (χ4n) is 1.23. The SMILES string of the molecule is Cl.Fc1cccc(-c2cc(CCl)[nH]n2)c1. The van der Waals surface area contributed by atoms with Gasteiger partial charge >= 0.3 is 0 Å². The Balaban J connectivity index is 0.00000112. The van der Waals surface area contributed by atoms with Crippen LogP contribution in [-0.2, 0) is 5.88 Å². The quantitative estimate of drug-likeness (QED) is 0.809. The van der Waals surface area contributed by atoms with Gasteiger partial charge in [0, 0.05) is 5.56 Å². The van der Waals surface area contributed by atoms with Gasteiger partial charge in [-0.3, -0.25) is 5.10 Å². The minimum Gasteiger partial charge on any atom is -0.281 e. The van der Waals surface area contributed by atoms with Crippen LogP contribution in [0.25, 0.3) is 11.3 Å². The summed E-state index contributed by atoms with van der Waals surface area (Å²) in [6, 6.07) is 8.10. The minimum absolute atomic E-state index is 0. The number of rotatable bonds is 2. The average molecular weight is 247 g/mol. The van der Waals surface area contributed by atoms with Crippen molar-refractivity contribution in [3.63, 3.8) is 0 Å². The maximum Gasteiger partial charge on any atom is 0.123 e. The van der Waals surface area contributed by atoms with E-state index in [1.807, 2.05) is 6.07 Å². The van der Waals surface area contributed by atoms with Gasteiger partial charge < -0.3 is 0 Å². The van der Waals surface area contributed by atoms with Gasteiger partial charge in [-0.2, -0.15) is 5.10 Å². The Labute approximate surface area is 97.9 Å². The highest BCUT2D eigenvalue weighted by molar-refractivity contribution is 6.16. The van der Waals surface area contributed by atoms with Crippen LogP contribution in [0.1, 0.15) is 5.69 Å². The summed E-state index contributed by atoms with van der Waals surface area (Å²) in [5, 5.41) is 6.79. The van der Waals surface area contributed by atoms with Gasteiger partial charge in [0.25, 0.3) is 0 Å². The van der Waals surface area contributed by atoms with Gasteiger partial charge in [0.05, 0.1) is 17.3 Å². The monoisotopic (exact) mass is 246 g/mol. The minimum atomic E-state index is -0.266. The summed E-state index contributed by atoms with van der Waals surface area (Å²) >= 11 is 5.61. The molecule has 0 amide bonds. The summed E-state index contributed by atoms with van der Waals surface area (Å²) in [5.41, 5.74) is 2.28. The fourth-order valence-corrected chi connectivity index (χ4v) is 1.36. The third kappa shape index (κ3) is 2.70. The van der Waals surface area contributed by atoms with Crippen molar-refractivity contribution >= 4 is 24.0 Å². The number of hydrogen-bond donors (Lipinski definition) is 1. The van der Waals surface area contributed by atoms with Gasteiger partial charge in [-0.15, -0.1) is 24.0 Å². The van der Waals surface area contributed by atoms with E-state index in [4.69, 9.17) is 11.6 Å². The predicted octanol–water partition coefficient (Wildman–Crippen LogP) is 3.38. The summed E-state index contributed by atoms with van der Waals surface area (Å²) in [6.07, 6.45) is 0. The normalized spacial score (nSPS) is 9.73. The Hall–Kier alpha value is -1.06. The van der Waals surface area contributed by atoms with Crippen LogP contribution in [0, 0.1) is 5.82 Å². The Morgan fingerprint density at radius 3 is 2.73 bits per heavy atom. The molecule has 0 atom stereocenters. The lowest BCUT2D eigenvalue weighted by Crippen LogP contribution is -1.79. The molecule has 0 unspecified atom stereocenters. The molecule has 0 saturated heterocycles. The molecule has 2 rings (SSSR count). The zero-order chi connectivity index (χ0) is 9.97. The van der Waals surface area contributed by atoms with Crippen molar-refractivity contribution in [3.8, 4) is 11.3 Å². The van der Waals surface area contributed by atoms with Crippen molar-refractivity contribution in [2.24, 2.45) is 0 Å². The van der Waals surface area contributed by atoms with E-state index >= 15 is 0 Å². The van der Waals surface area contributed by atoms with Crippen LogP contribution < -0.4 is 0 Å². The van der Waals surface area contributed by atoms with Crippen LogP contribution in [0.3, 0.4) is 0 Å². The second kappa shape index (κ2) is 5.14. The van der Waals surface area contributed by atoms with E-state index in [1.54, 1.807) is 12.1 Å². The number of alkyl halides is 1. The van der Waals surface area contributed by atoms with Crippen LogP contribution >= 0.6 is 24.0 Å². The van der Waals surface area contributed by atoms with Crippen molar-refractivity contribution in [2.45, 2.75) is 5.88 Å². The number of aromatic nitrogens is 2. The summed E-state index contributed by atoms with van der Waals surface area (Å²) in [7, 11) is 0. The first-order chi connectivity index (χ1) is 6.79. The second-order valence-electron chi connectivity index (χ2n) is 2.92. The van der Waals surface area contributed by atoms with Crippen LogP contribution in [0.2, 0.25) is 0 Å². The average Bonchev–Trinajstić information content (AvgIpc) is 2.66. The van der Waals surface area contributed by atoms with E-state index in [9.17, 15) is 4.39 Å². The van der Waals surface area contributed by atoms with Crippen molar-refractivity contribution in [1.82, 2.24) is 10.2 Å². The van der Waals surface area contributed by atoms with Crippen LogP contribution in [0.15, 0.2) is 30.3 Å². The predicted molar refractivity (Wildman–Crippen MR) is 60.8 cm³/mol. The summed E-state index contributed by atoms with van der Waals surface area (Å²) in [5.74, 6) is 0.111. The Morgan fingerprint density at radius 1 is 1.33 bits per heavy atom. The maximum absolute atomic E-state index is 12.9. The van der Waals surface area contributed by atoms with Crippen LogP contribution in [-0.4, -0.2) is 10.2 Å². The molecule has 0 saturated carbocycles. The molecule has 0 bridgehead atoms. The number of halogens is 3. The molecule has 80 valence electrons. The number of nitrogens with zero attached hydrogens (tertiary/aromatic N) is 1. The first kappa shape index (κ1) is 12.0. The van der Waals surface area contributed by atoms with Crippen molar-refractivity contribution in [2.75, 3.05) is 0 Å². The molecule has 5 heteroatoms. The Bertz CT molecular complexity index is 442. The lowest BCUT2D eigenvalue weighted by molar-refractivity contribution is 0.628. The van der Waals surface area contributed by atoms with Crippen molar-refractivity contribution < 1.29 is 4.39 Å². The standard InChI is InChI=1S/C10H8ClFN2.ClH/c11-6-9-5-10(14-13-9)7-2-1-3-8(12)4-7;/h1-5H,6H2,(H,13,14);1H. The lowest BCUT2D eigenvalue weighted by Gasteiger charge is -1.94. The molecule has 1 aromatic heterocycles. The maximum atomic E-state index is 12.9. The zero-order valence-corrected chi connectivity index (χ0v) is 9.28. The van der Waals surface area contributed by atoms with E-state index < -0.39 is 0 Å². The Kier molecular flexibility index (Phi) is 4.12.